The predicted molar refractivity (Wildman–Crippen MR) is 62.5 cm³/mol. The van der Waals surface area contributed by atoms with Crippen LogP contribution in [0.3, 0.4) is 0 Å². The van der Waals surface area contributed by atoms with Crippen LogP contribution in [0, 0.1) is 5.92 Å². The maximum absolute atomic E-state index is 4.99. The lowest BCUT2D eigenvalue weighted by Gasteiger charge is -2.07. The summed E-state index contributed by atoms with van der Waals surface area (Å²) in [5.41, 5.74) is 1.28. The van der Waals surface area contributed by atoms with E-state index in [1.54, 1.807) is 7.11 Å². The Morgan fingerprint density at radius 1 is 1.54 bits per heavy atom. The zero-order chi connectivity index (χ0) is 9.68. The Morgan fingerprint density at radius 3 is 2.77 bits per heavy atom. The molecule has 0 saturated heterocycles. The fourth-order valence-corrected chi connectivity index (χ4v) is 1.42. The van der Waals surface area contributed by atoms with Crippen molar-refractivity contribution in [3.05, 3.63) is 23.9 Å². The molecule has 13 heavy (non-hydrogen) atoms. The van der Waals surface area contributed by atoms with Gasteiger partial charge in [0.05, 0.1) is 7.11 Å². The average molecular weight is 291 g/mol. The van der Waals surface area contributed by atoms with Crippen molar-refractivity contribution in [3.8, 4) is 5.88 Å². The number of ether oxygens (including phenoxy) is 1. The van der Waals surface area contributed by atoms with Gasteiger partial charge in [0.25, 0.3) is 0 Å². The molecular formula is C10H14INO. The van der Waals surface area contributed by atoms with Crippen molar-refractivity contribution in [1.29, 1.82) is 0 Å². The topological polar surface area (TPSA) is 22.1 Å². The van der Waals surface area contributed by atoms with Crippen LogP contribution in [0.25, 0.3) is 0 Å². The molecule has 0 unspecified atom stereocenters. The zero-order valence-electron chi connectivity index (χ0n) is 7.96. The van der Waals surface area contributed by atoms with Gasteiger partial charge in [-0.15, -0.1) is 0 Å². The Balaban J connectivity index is 2.58. The fraction of sp³-hybridized carbons (Fsp3) is 0.500. The van der Waals surface area contributed by atoms with Crippen molar-refractivity contribution < 1.29 is 4.74 Å². The van der Waals surface area contributed by atoms with Crippen LogP contribution in [0.15, 0.2) is 18.3 Å². The molecule has 0 aliphatic carbocycles. The molecule has 2 nitrogen and oxygen atoms in total. The minimum Gasteiger partial charge on any atom is -0.481 e. The molecule has 1 aromatic heterocycles. The van der Waals surface area contributed by atoms with E-state index in [-0.39, 0.29) is 0 Å². The molecular weight excluding hydrogens is 277 g/mol. The van der Waals surface area contributed by atoms with Gasteiger partial charge >= 0.3 is 0 Å². The van der Waals surface area contributed by atoms with Gasteiger partial charge in [0, 0.05) is 16.7 Å². The SMILES string of the molecule is COc1ccc(C[C@H](C)CI)cn1. The van der Waals surface area contributed by atoms with E-state index in [0.717, 1.165) is 12.3 Å². The lowest BCUT2D eigenvalue weighted by molar-refractivity contribution is 0.397. The van der Waals surface area contributed by atoms with E-state index >= 15 is 0 Å². The normalized spacial score (nSPS) is 12.5. The summed E-state index contributed by atoms with van der Waals surface area (Å²) in [7, 11) is 1.63. The number of nitrogens with zero attached hydrogens (tertiary/aromatic N) is 1. The standard InChI is InChI=1S/C10H14INO/c1-8(6-11)5-9-3-4-10(13-2)12-7-9/h3-4,7-8H,5-6H2,1-2H3/t8-/m0/s1. The number of alkyl halides is 1. The fourth-order valence-electron chi connectivity index (χ4n) is 1.11. The Bertz CT molecular complexity index is 248. The first-order chi connectivity index (χ1) is 6.26. The number of rotatable bonds is 4. The van der Waals surface area contributed by atoms with Crippen LogP contribution in [0.2, 0.25) is 0 Å². The van der Waals surface area contributed by atoms with Gasteiger partial charge in [0.1, 0.15) is 0 Å². The molecule has 0 saturated carbocycles. The van der Waals surface area contributed by atoms with Crippen LogP contribution >= 0.6 is 22.6 Å². The van der Waals surface area contributed by atoms with Gasteiger partial charge in [-0.3, -0.25) is 0 Å². The summed E-state index contributed by atoms with van der Waals surface area (Å²) in [6.45, 7) is 2.25. The number of aromatic nitrogens is 1. The Kier molecular flexibility index (Phi) is 4.48. The molecule has 1 aromatic rings. The summed E-state index contributed by atoms with van der Waals surface area (Å²) in [4.78, 5) is 4.16. The molecule has 1 heterocycles. The van der Waals surface area contributed by atoms with E-state index in [4.69, 9.17) is 4.74 Å². The number of pyridine rings is 1. The van der Waals surface area contributed by atoms with Crippen LogP contribution < -0.4 is 4.74 Å². The smallest absolute Gasteiger partial charge is 0.212 e. The Labute approximate surface area is 92.9 Å². The van der Waals surface area contributed by atoms with Crippen molar-refractivity contribution in [2.24, 2.45) is 5.92 Å². The highest BCUT2D eigenvalue weighted by Gasteiger charge is 2.02. The summed E-state index contributed by atoms with van der Waals surface area (Å²) in [5, 5.41) is 0. The minimum absolute atomic E-state index is 0.686. The first-order valence-electron chi connectivity index (χ1n) is 4.31. The molecule has 1 atom stereocenters. The third kappa shape index (κ3) is 3.50. The summed E-state index contributed by atoms with van der Waals surface area (Å²) in [6, 6.07) is 3.99. The van der Waals surface area contributed by atoms with Gasteiger partial charge < -0.3 is 4.74 Å². The van der Waals surface area contributed by atoms with Crippen LogP contribution in [0.1, 0.15) is 12.5 Å². The van der Waals surface area contributed by atoms with E-state index in [1.807, 2.05) is 12.3 Å². The predicted octanol–water partition coefficient (Wildman–Crippen LogP) is 2.70. The third-order valence-electron chi connectivity index (χ3n) is 1.85. The molecule has 0 aliphatic heterocycles. The van der Waals surface area contributed by atoms with Crippen molar-refractivity contribution in [2.45, 2.75) is 13.3 Å². The maximum atomic E-state index is 4.99. The van der Waals surface area contributed by atoms with E-state index in [9.17, 15) is 0 Å². The highest BCUT2D eigenvalue weighted by Crippen LogP contribution is 2.12. The van der Waals surface area contributed by atoms with Gasteiger partial charge in [0.15, 0.2) is 0 Å². The van der Waals surface area contributed by atoms with Gasteiger partial charge in [-0.2, -0.15) is 0 Å². The van der Waals surface area contributed by atoms with Gasteiger partial charge in [-0.05, 0) is 17.9 Å². The molecule has 0 aliphatic rings. The van der Waals surface area contributed by atoms with Crippen molar-refractivity contribution in [3.63, 3.8) is 0 Å². The zero-order valence-corrected chi connectivity index (χ0v) is 10.1. The Hall–Kier alpha value is -0.320. The monoisotopic (exact) mass is 291 g/mol. The number of hydrogen-bond acceptors (Lipinski definition) is 2. The molecule has 72 valence electrons. The van der Waals surface area contributed by atoms with Gasteiger partial charge in [-0.1, -0.05) is 35.6 Å². The number of halogens is 1. The summed E-state index contributed by atoms with van der Waals surface area (Å²) in [5.74, 6) is 1.40. The molecule has 0 radical (unpaired) electrons. The first-order valence-corrected chi connectivity index (χ1v) is 5.83. The van der Waals surface area contributed by atoms with Crippen LogP contribution in [0.5, 0.6) is 5.88 Å². The van der Waals surface area contributed by atoms with Crippen LogP contribution in [-0.4, -0.2) is 16.5 Å². The third-order valence-corrected chi connectivity index (χ3v) is 3.36. The molecule has 0 amide bonds. The molecule has 0 spiro atoms. The average Bonchev–Trinajstić information content (AvgIpc) is 2.19. The highest BCUT2D eigenvalue weighted by atomic mass is 127. The van der Waals surface area contributed by atoms with E-state index in [0.29, 0.717) is 5.88 Å². The van der Waals surface area contributed by atoms with E-state index < -0.39 is 0 Å². The lowest BCUT2D eigenvalue weighted by atomic mass is 10.1. The van der Waals surface area contributed by atoms with Crippen molar-refractivity contribution in [2.75, 3.05) is 11.5 Å². The van der Waals surface area contributed by atoms with Crippen LogP contribution in [0.4, 0.5) is 0 Å². The second-order valence-corrected chi connectivity index (χ2v) is 4.05. The molecule has 0 aromatic carbocycles. The van der Waals surface area contributed by atoms with Crippen molar-refractivity contribution in [1.82, 2.24) is 4.98 Å². The summed E-state index contributed by atoms with van der Waals surface area (Å²) >= 11 is 2.41. The largest absolute Gasteiger partial charge is 0.481 e. The quantitative estimate of drug-likeness (QED) is 0.628. The van der Waals surface area contributed by atoms with Gasteiger partial charge in [-0.25, -0.2) is 4.98 Å². The minimum atomic E-state index is 0.686. The molecule has 0 fully saturated rings. The second kappa shape index (κ2) is 5.42. The molecule has 1 rings (SSSR count). The number of methoxy groups -OCH3 is 1. The molecule has 3 heteroatoms. The Morgan fingerprint density at radius 2 is 2.31 bits per heavy atom. The highest BCUT2D eigenvalue weighted by molar-refractivity contribution is 14.1. The number of hydrogen-bond donors (Lipinski definition) is 0. The maximum Gasteiger partial charge on any atom is 0.212 e. The summed E-state index contributed by atoms with van der Waals surface area (Å²) < 4.78 is 6.17. The van der Waals surface area contributed by atoms with Gasteiger partial charge in [0.2, 0.25) is 5.88 Å². The van der Waals surface area contributed by atoms with Crippen LogP contribution in [-0.2, 0) is 6.42 Å². The van der Waals surface area contributed by atoms with E-state index in [2.05, 4.69) is 40.6 Å². The molecule has 0 bridgehead atoms. The summed E-state index contributed by atoms with van der Waals surface area (Å²) in [6.07, 6.45) is 2.99. The van der Waals surface area contributed by atoms with E-state index in [1.165, 1.54) is 9.99 Å². The first kappa shape index (κ1) is 10.8. The van der Waals surface area contributed by atoms with Crippen molar-refractivity contribution >= 4 is 22.6 Å². The molecule has 0 N–H and O–H groups in total. The second-order valence-electron chi connectivity index (χ2n) is 3.17. The lowest BCUT2D eigenvalue weighted by Crippen LogP contribution is -2.01.